The van der Waals surface area contributed by atoms with Gasteiger partial charge in [-0.05, 0) is 55.8 Å². The van der Waals surface area contributed by atoms with Crippen molar-refractivity contribution in [3.05, 3.63) is 0 Å². The monoisotopic (exact) mass is 310 g/mol. The van der Waals surface area contributed by atoms with E-state index in [1.165, 1.54) is 6.42 Å². The van der Waals surface area contributed by atoms with Gasteiger partial charge >= 0.3 is 11.2 Å². The number of esters is 1. The molecular weight excluding hydrogens is 294 g/mol. The summed E-state index contributed by atoms with van der Waals surface area (Å²) >= 11 is -0.567. The van der Waals surface area contributed by atoms with Gasteiger partial charge in [0, 0.05) is 0 Å². The number of ether oxygens (including phenoxy) is 1. The molecule has 4 saturated carbocycles. The van der Waals surface area contributed by atoms with Crippen LogP contribution in [0.3, 0.4) is 0 Å². The van der Waals surface area contributed by atoms with E-state index in [1.807, 2.05) is 0 Å². The Balaban J connectivity index is 1.61. The predicted molar refractivity (Wildman–Crippen MR) is 64.3 cm³/mol. The summed E-state index contributed by atoms with van der Waals surface area (Å²) in [4.78, 5) is 11.6. The average molecular weight is 310 g/mol. The number of hydrogen-bond donors (Lipinski definition) is 1. The zero-order valence-corrected chi connectivity index (χ0v) is 11.5. The van der Waals surface area contributed by atoms with Crippen LogP contribution in [-0.2, 0) is 18.9 Å². The van der Waals surface area contributed by atoms with E-state index < -0.39 is 29.4 Å². The maximum atomic E-state index is 13.4. The van der Waals surface area contributed by atoms with Crippen molar-refractivity contribution in [3.63, 3.8) is 0 Å². The number of alkyl halides is 2. The normalized spacial score (nSPS) is 39.0. The first-order valence-corrected chi connectivity index (χ1v) is 7.48. The molecule has 20 heavy (non-hydrogen) atoms. The number of carbonyl (C=O) groups is 1. The fourth-order valence-electron chi connectivity index (χ4n) is 4.35. The van der Waals surface area contributed by atoms with Gasteiger partial charge in [-0.25, -0.2) is 10.1 Å². The molecule has 0 aromatic rings. The molecule has 0 amide bonds. The number of carbonyl (C=O) groups excluding carboxylic acids is 1. The van der Waals surface area contributed by atoms with E-state index in [9.17, 15) is 13.6 Å². The summed E-state index contributed by atoms with van der Waals surface area (Å²) in [6, 6.07) is 0. The molecule has 0 heterocycles. The largest absolute Gasteiger partial charge is 0.457 e. The summed E-state index contributed by atoms with van der Waals surface area (Å²) in [6.07, 6.45) is 4.72. The van der Waals surface area contributed by atoms with Crippen LogP contribution in [0.2, 0.25) is 0 Å². The smallest absolute Gasteiger partial charge is 0.415 e. The fourth-order valence-corrected chi connectivity index (χ4v) is 4.58. The van der Waals surface area contributed by atoms with Crippen molar-refractivity contribution in [2.24, 2.45) is 23.7 Å². The minimum atomic E-state index is -3.89. The lowest BCUT2D eigenvalue weighted by molar-refractivity contribution is -0.433. The van der Waals surface area contributed by atoms with E-state index in [-0.39, 0.29) is 11.8 Å². The molecule has 0 radical (unpaired) electrons. The van der Waals surface area contributed by atoms with Gasteiger partial charge in [0.2, 0.25) is 0 Å². The fraction of sp³-hybridized carbons (Fsp3) is 0.917. The summed E-state index contributed by atoms with van der Waals surface area (Å²) in [5.74, 6) is 0.149. The summed E-state index contributed by atoms with van der Waals surface area (Å²) in [5.41, 5.74) is 0. The van der Waals surface area contributed by atoms with E-state index in [4.69, 9.17) is 9.99 Å². The number of halogens is 2. The first-order valence-electron chi connectivity index (χ1n) is 6.74. The van der Waals surface area contributed by atoms with Crippen LogP contribution >= 0.6 is 12.0 Å². The molecule has 1 N–H and O–H groups in total. The highest BCUT2D eigenvalue weighted by atomic mass is 32.2. The van der Waals surface area contributed by atoms with Crippen molar-refractivity contribution in [3.8, 4) is 0 Å². The van der Waals surface area contributed by atoms with Crippen LogP contribution in [-0.4, -0.2) is 22.6 Å². The summed E-state index contributed by atoms with van der Waals surface area (Å²) in [6.45, 7) is 0. The van der Waals surface area contributed by atoms with Crippen molar-refractivity contribution in [2.45, 2.75) is 43.5 Å². The molecule has 0 unspecified atom stereocenters. The van der Waals surface area contributed by atoms with Gasteiger partial charge in [-0.2, -0.15) is 8.78 Å². The maximum absolute atomic E-state index is 13.4. The second-order valence-corrected chi connectivity index (χ2v) is 6.86. The minimum Gasteiger partial charge on any atom is -0.457 e. The second-order valence-electron chi connectivity index (χ2n) is 6.04. The highest BCUT2D eigenvalue weighted by molar-refractivity contribution is 7.96. The van der Waals surface area contributed by atoms with Crippen LogP contribution in [0.25, 0.3) is 0 Å². The van der Waals surface area contributed by atoms with Crippen LogP contribution in [0.1, 0.15) is 32.1 Å². The Labute approximate surface area is 119 Å². The highest BCUT2D eigenvalue weighted by Crippen LogP contribution is 2.55. The Morgan fingerprint density at radius 3 is 2.15 bits per heavy atom. The third-order valence-electron chi connectivity index (χ3n) is 4.79. The zero-order chi connectivity index (χ0) is 14.3. The molecule has 4 rings (SSSR count). The minimum absolute atomic E-state index is 0.214. The Hall–Kier alpha value is -0.440. The Morgan fingerprint density at radius 2 is 1.65 bits per heavy atom. The molecule has 114 valence electrons. The van der Waals surface area contributed by atoms with Gasteiger partial charge < -0.3 is 4.74 Å². The lowest BCUT2D eigenvalue weighted by atomic mass is 9.55. The molecule has 0 aliphatic heterocycles. The van der Waals surface area contributed by atoms with Gasteiger partial charge in [0.15, 0.2) is 0 Å². The molecule has 0 spiro atoms. The third-order valence-corrected chi connectivity index (χ3v) is 5.29. The van der Waals surface area contributed by atoms with Crippen LogP contribution < -0.4 is 0 Å². The number of rotatable bonds is 5. The lowest BCUT2D eigenvalue weighted by Crippen LogP contribution is -2.51. The zero-order valence-electron chi connectivity index (χ0n) is 10.7. The van der Waals surface area contributed by atoms with Crippen molar-refractivity contribution < 1.29 is 32.9 Å². The van der Waals surface area contributed by atoms with Crippen molar-refractivity contribution >= 4 is 18.0 Å². The molecule has 4 bridgehead atoms. The van der Waals surface area contributed by atoms with Crippen LogP contribution in [0, 0.1) is 23.7 Å². The van der Waals surface area contributed by atoms with Crippen molar-refractivity contribution in [1.29, 1.82) is 0 Å². The first-order chi connectivity index (χ1) is 9.49. The van der Waals surface area contributed by atoms with E-state index >= 15 is 0 Å². The van der Waals surface area contributed by atoms with Crippen molar-refractivity contribution in [2.75, 3.05) is 0 Å². The first kappa shape index (κ1) is 14.5. The average Bonchev–Trinajstić information content (AvgIpc) is 2.39. The molecule has 8 heteroatoms. The maximum Gasteiger partial charge on any atom is 0.415 e. The molecule has 4 aliphatic rings. The van der Waals surface area contributed by atoms with Gasteiger partial charge in [-0.15, -0.1) is 4.33 Å². The second kappa shape index (κ2) is 5.40. The Bertz CT molecular complexity index is 364. The lowest BCUT2D eigenvalue weighted by Gasteiger charge is -2.53. The van der Waals surface area contributed by atoms with E-state index in [0.29, 0.717) is 11.8 Å². The Kier molecular flexibility index (Phi) is 3.91. The molecule has 0 atom stereocenters. The van der Waals surface area contributed by atoms with Crippen LogP contribution in [0.4, 0.5) is 8.78 Å². The molecule has 5 nitrogen and oxygen atoms in total. The molecule has 4 aliphatic carbocycles. The van der Waals surface area contributed by atoms with Gasteiger partial charge in [-0.3, -0.25) is 0 Å². The van der Waals surface area contributed by atoms with Gasteiger partial charge in [0.25, 0.3) is 0 Å². The van der Waals surface area contributed by atoms with Gasteiger partial charge in [0.1, 0.15) is 18.1 Å². The standard InChI is InChI=1S/C12H16F2O5S/c13-12(14,20-19-18-16)11(15)17-10-8-2-6-1-7(4-8)5-9(10)3-6/h6-10,16H,1-5H2. The third kappa shape index (κ3) is 2.66. The molecular formula is C12H16F2O5S. The quantitative estimate of drug-likeness (QED) is 0.364. The molecule has 0 aromatic carbocycles. The predicted octanol–water partition coefficient (Wildman–Crippen LogP) is 3.02. The van der Waals surface area contributed by atoms with Crippen molar-refractivity contribution in [1.82, 2.24) is 0 Å². The Morgan fingerprint density at radius 1 is 1.10 bits per heavy atom. The van der Waals surface area contributed by atoms with E-state index in [0.717, 1.165) is 25.7 Å². The summed E-state index contributed by atoms with van der Waals surface area (Å²) < 4.78 is 35.5. The summed E-state index contributed by atoms with van der Waals surface area (Å²) in [5, 5.41) is 7.07. The summed E-state index contributed by atoms with van der Waals surface area (Å²) in [7, 11) is 0. The number of hydrogen-bond acceptors (Lipinski definition) is 6. The van der Waals surface area contributed by atoms with E-state index in [2.05, 4.69) is 9.37 Å². The highest BCUT2D eigenvalue weighted by Gasteiger charge is 2.53. The molecule has 0 aromatic heterocycles. The van der Waals surface area contributed by atoms with Gasteiger partial charge in [-0.1, -0.05) is 5.04 Å². The van der Waals surface area contributed by atoms with Crippen LogP contribution in [0.15, 0.2) is 0 Å². The SMILES string of the molecule is O=C(OC1C2CC3CC(C2)CC1C3)C(F)(F)SOOO. The van der Waals surface area contributed by atoms with Gasteiger partial charge in [0.05, 0.1) is 0 Å². The van der Waals surface area contributed by atoms with Crippen LogP contribution in [0.5, 0.6) is 0 Å². The molecule has 0 saturated heterocycles. The topological polar surface area (TPSA) is 65.0 Å². The van der Waals surface area contributed by atoms with E-state index in [1.54, 1.807) is 0 Å². The molecule has 4 fully saturated rings.